The molecule has 0 aromatic heterocycles. The van der Waals surface area contributed by atoms with Crippen molar-refractivity contribution in [1.29, 1.82) is 0 Å². The molecule has 0 fully saturated rings. The Kier molecular flexibility index (Phi) is 2.52. The summed E-state index contributed by atoms with van der Waals surface area (Å²) in [5.41, 5.74) is 1.24. The first-order valence-electron chi connectivity index (χ1n) is 2.68. The molecule has 0 atom stereocenters. The SMILES string of the molecule is Cc1cc[c]([Pb])c(Cl)c1. The van der Waals surface area contributed by atoms with Crippen molar-refractivity contribution >= 4 is 40.5 Å². The molecule has 1 aromatic carbocycles. The average molecular weight is 333 g/mol. The molecule has 1 rings (SSSR count). The zero-order valence-corrected chi connectivity index (χ0v) is 9.75. The topological polar surface area (TPSA) is 0 Å². The van der Waals surface area contributed by atoms with E-state index in [-0.39, 0.29) is 0 Å². The Bertz CT molecular complexity index is 220. The number of halogens is 1. The quantitative estimate of drug-likeness (QED) is 0.631. The molecule has 0 aliphatic heterocycles. The van der Waals surface area contributed by atoms with Crippen molar-refractivity contribution in [1.82, 2.24) is 0 Å². The monoisotopic (exact) mass is 333 g/mol. The summed E-state index contributed by atoms with van der Waals surface area (Å²) in [6.07, 6.45) is 0. The molecule has 9 heavy (non-hydrogen) atoms. The molecule has 0 bridgehead atoms. The van der Waals surface area contributed by atoms with E-state index in [9.17, 15) is 0 Å². The van der Waals surface area contributed by atoms with Gasteiger partial charge in [-0.1, -0.05) is 0 Å². The van der Waals surface area contributed by atoms with Gasteiger partial charge in [-0.15, -0.1) is 0 Å². The summed E-state index contributed by atoms with van der Waals surface area (Å²) in [7, 11) is 0. The van der Waals surface area contributed by atoms with Crippen molar-refractivity contribution in [3.63, 3.8) is 0 Å². The van der Waals surface area contributed by atoms with Gasteiger partial charge in [0, 0.05) is 0 Å². The number of benzene rings is 1. The van der Waals surface area contributed by atoms with Gasteiger partial charge in [0.1, 0.15) is 0 Å². The fraction of sp³-hybridized carbons (Fsp3) is 0.143. The maximum absolute atomic E-state index is 5.85. The molecule has 0 nitrogen and oxygen atoms in total. The van der Waals surface area contributed by atoms with E-state index in [1.165, 1.54) is 8.69 Å². The van der Waals surface area contributed by atoms with E-state index < -0.39 is 0 Å². The molecule has 0 N–H and O–H groups in total. The van der Waals surface area contributed by atoms with E-state index >= 15 is 0 Å². The van der Waals surface area contributed by atoms with E-state index in [0.29, 0.717) is 0 Å². The Morgan fingerprint density at radius 3 is 2.56 bits per heavy atom. The summed E-state index contributed by atoms with van der Waals surface area (Å²) in [6, 6.07) is 6.18. The molecule has 3 radical (unpaired) electrons. The summed E-state index contributed by atoms with van der Waals surface area (Å²) >= 11 is 6.89. The first-order chi connectivity index (χ1) is 4.20. The molecule has 45 valence electrons. The molecule has 0 heterocycles. The summed E-state index contributed by atoms with van der Waals surface area (Å²) in [4.78, 5) is 0. The minimum absolute atomic E-state index is 0.918. The predicted molar refractivity (Wildman–Crippen MR) is 41.6 cm³/mol. The van der Waals surface area contributed by atoms with Crippen molar-refractivity contribution in [3.8, 4) is 0 Å². The van der Waals surface area contributed by atoms with Gasteiger partial charge in [0.2, 0.25) is 0 Å². The molecule has 0 unspecified atom stereocenters. The third kappa shape index (κ3) is 1.93. The zero-order chi connectivity index (χ0) is 6.85. The van der Waals surface area contributed by atoms with Gasteiger partial charge in [-0.25, -0.2) is 0 Å². The van der Waals surface area contributed by atoms with E-state index in [4.69, 9.17) is 11.6 Å². The van der Waals surface area contributed by atoms with Gasteiger partial charge in [0.15, 0.2) is 0 Å². The minimum atomic E-state index is 0.918. The Balaban J connectivity index is 3.17. The van der Waals surface area contributed by atoms with E-state index in [0.717, 1.165) is 30.8 Å². The molecular weight excluding hydrogens is 327 g/mol. The Morgan fingerprint density at radius 2 is 2.11 bits per heavy atom. The van der Waals surface area contributed by atoms with Gasteiger partial charge in [-0.3, -0.25) is 0 Å². The van der Waals surface area contributed by atoms with Crippen LogP contribution in [0, 0.1) is 6.92 Å². The van der Waals surface area contributed by atoms with Gasteiger partial charge in [-0.2, -0.15) is 0 Å². The van der Waals surface area contributed by atoms with E-state index in [1.54, 1.807) is 0 Å². The van der Waals surface area contributed by atoms with Crippen LogP contribution in [0.2, 0.25) is 5.02 Å². The number of rotatable bonds is 0. The van der Waals surface area contributed by atoms with Gasteiger partial charge < -0.3 is 0 Å². The maximum atomic E-state index is 5.85. The second-order valence-corrected chi connectivity index (χ2v) is 4.48. The number of hydrogen-bond donors (Lipinski definition) is 0. The van der Waals surface area contributed by atoms with Crippen LogP contribution >= 0.6 is 11.6 Å². The molecule has 0 aliphatic carbocycles. The molecule has 0 saturated carbocycles. The molecule has 2 heteroatoms. The molecule has 0 spiro atoms. The van der Waals surface area contributed by atoms with Crippen LogP contribution in [-0.2, 0) is 0 Å². The number of hydrogen-bond acceptors (Lipinski definition) is 0. The van der Waals surface area contributed by atoms with E-state index in [1.807, 2.05) is 13.0 Å². The van der Waals surface area contributed by atoms with Gasteiger partial charge in [-0.05, 0) is 0 Å². The average Bonchev–Trinajstić information content (AvgIpc) is 1.80. The summed E-state index contributed by atoms with van der Waals surface area (Å²) in [6.45, 7) is 2.05. The van der Waals surface area contributed by atoms with Crippen LogP contribution in [0.1, 0.15) is 5.56 Å². The Hall–Kier alpha value is 0.432. The van der Waals surface area contributed by atoms with Crippen molar-refractivity contribution in [2.45, 2.75) is 6.92 Å². The molecule has 0 aliphatic rings. The van der Waals surface area contributed by atoms with Crippen LogP contribution in [-0.4, -0.2) is 25.8 Å². The summed E-state index contributed by atoms with van der Waals surface area (Å²) < 4.78 is 1.28. The van der Waals surface area contributed by atoms with Gasteiger partial charge >= 0.3 is 76.2 Å². The fourth-order valence-electron chi connectivity index (χ4n) is 0.620. The number of aryl methyl sites for hydroxylation is 1. The Labute approximate surface area is 75.9 Å². The van der Waals surface area contributed by atoms with Crippen LogP contribution in [0.25, 0.3) is 0 Å². The first-order valence-corrected chi connectivity index (χ1v) is 5.00. The molecule has 0 saturated heterocycles. The second kappa shape index (κ2) is 3.01. The third-order valence-electron chi connectivity index (χ3n) is 1.12. The predicted octanol–water partition coefficient (Wildman–Crippen LogP) is 1.44. The second-order valence-electron chi connectivity index (χ2n) is 1.98. The van der Waals surface area contributed by atoms with Crippen molar-refractivity contribution in [2.24, 2.45) is 0 Å². The van der Waals surface area contributed by atoms with E-state index in [2.05, 4.69) is 12.1 Å². The summed E-state index contributed by atoms with van der Waals surface area (Å²) in [5.74, 6) is 0. The molecular formula is C7H6ClPb. The Morgan fingerprint density at radius 1 is 1.44 bits per heavy atom. The molecule has 0 amide bonds. The van der Waals surface area contributed by atoms with Crippen molar-refractivity contribution < 1.29 is 0 Å². The standard InChI is InChI=1S/C7H6Cl.Pb/c1-6-3-2-4-7(8)5-6;/h2-3,5H,1H3;. The van der Waals surface area contributed by atoms with Crippen LogP contribution in [0.4, 0.5) is 0 Å². The van der Waals surface area contributed by atoms with Gasteiger partial charge in [0.05, 0.1) is 0 Å². The van der Waals surface area contributed by atoms with Crippen molar-refractivity contribution in [2.75, 3.05) is 0 Å². The van der Waals surface area contributed by atoms with Crippen LogP contribution in [0.15, 0.2) is 18.2 Å². The van der Waals surface area contributed by atoms with Crippen LogP contribution in [0.3, 0.4) is 0 Å². The van der Waals surface area contributed by atoms with Crippen LogP contribution in [0.5, 0.6) is 0 Å². The van der Waals surface area contributed by atoms with Crippen molar-refractivity contribution in [3.05, 3.63) is 28.8 Å². The normalized spacial score (nSPS) is 9.67. The first kappa shape index (κ1) is 7.54. The fourth-order valence-corrected chi connectivity index (χ4v) is 1.46. The molecule has 1 aromatic rings. The zero-order valence-electron chi connectivity index (χ0n) is 5.11. The summed E-state index contributed by atoms with van der Waals surface area (Å²) in [5, 5.41) is 0.918. The third-order valence-corrected chi connectivity index (χ3v) is 3.75. The van der Waals surface area contributed by atoms with Crippen LogP contribution < -0.4 is 3.12 Å². The van der Waals surface area contributed by atoms with Gasteiger partial charge in [0.25, 0.3) is 0 Å².